The lowest BCUT2D eigenvalue weighted by molar-refractivity contribution is -0.150. The van der Waals surface area contributed by atoms with Crippen molar-refractivity contribution in [1.29, 1.82) is 0 Å². The van der Waals surface area contributed by atoms with E-state index in [1.165, 1.54) is 29.9 Å². The molecule has 2 aliphatic rings. The van der Waals surface area contributed by atoms with Crippen molar-refractivity contribution in [2.24, 2.45) is 5.92 Å². The molecular weight excluding hydrogens is 436 g/mol. The second-order valence-corrected chi connectivity index (χ2v) is 10.6. The van der Waals surface area contributed by atoms with Crippen molar-refractivity contribution < 1.29 is 23.9 Å². The van der Waals surface area contributed by atoms with Gasteiger partial charge < -0.3 is 14.8 Å². The number of hydrogen-bond donors (Lipinski definition) is 2. The van der Waals surface area contributed by atoms with Gasteiger partial charge in [-0.05, 0) is 54.4 Å². The van der Waals surface area contributed by atoms with E-state index in [4.69, 9.17) is 9.47 Å². The Kier molecular flexibility index (Phi) is 9.39. The number of carbonyl (C=O) groups excluding carboxylic acids is 3. The fraction of sp³-hybridized carbons (Fsp3) is 0.591. The summed E-state index contributed by atoms with van der Waals surface area (Å²) in [5, 5.41) is 5.03. The maximum atomic E-state index is 12.0. The number of nitrogens with one attached hydrogen (secondary N) is 2. The zero-order chi connectivity index (χ0) is 22.1. The fourth-order valence-corrected chi connectivity index (χ4v) is 6.52. The number of carbonyl (C=O) groups is 3. The Labute approximate surface area is 191 Å². The van der Waals surface area contributed by atoms with Gasteiger partial charge >= 0.3 is 12.0 Å². The highest BCUT2D eigenvalue weighted by Gasteiger charge is 2.23. The predicted molar refractivity (Wildman–Crippen MR) is 123 cm³/mol. The molecule has 0 unspecified atom stereocenters. The molecule has 2 fully saturated rings. The van der Waals surface area contributed by atoms with E-state index in [9.17, 15) is 14.4 Å². The van der Waals surface area contributed by atoms with Crippen molar-refractivity contribution >= 4 is 41.4 Å². The molecule has 2 N–H and O–H groups in total. The van der Waals surface area contributed by atoms with Gasteiger partial charge in [0.25, 0.3) is 5.91 Å². The van der Waals surface area contributed by atoms with Crippen LogP contribution >= 0.6 is 23.5 Å². The van der Waals surface area contributed by atoms with E-state index in [-0.39, 0.29) is 12.6 Å². The van der Waals surface area contributed by atoms with E-state index in [0.29, 0.717) is 16.2 Å². The molecule has 3 rings (SSSR count). The number of esters is 1. The van der Waals surface area contributed by atoms with Crippen molar-refractivity contribution in [1.82, 2.24) is 10.6 Å². The summed E-state index contributed by atoms with van der Waals surface area (Å²) < 4.78 is 10.8. The van der Waals surface area contributed by atoms with Gasteiger partial charge in [0.15, 0.2) is 13.2 Å². The summed E-state index contributed by atoms with van der Waals surface area (Å²) in [6.45, 7) is 1.27. The number of rotatable bonds is 7. The van der Waals surface area contributed by atoms with Crippen molar-refractivity contribution in [2.45, 2.75) is 49.7 Å². The molecule has 1 aliphatic heterocycles. The Morgan fingerprint density at radius 3 is 2.42 bits per heavy atom. The smallest absolute Gasteiger partial charge is 0.344 e. The lowest BCUT2D eigenvalue weighted by atomic mass is 9.86. The number of imide groups is 1. The molecule has 0 spiro atoms. The van der Waals surface area contributed by atoms with Crippen molar-refractivity contribution in [3.63, 3.8) is 0 Å². The van der Waals surface area contributed by atoms with Crippen LogP contribution in [0.4, 0.5) is 4.79 Å². The Bertz CT molecular complexity index is 753. The molecule has 1 aliphatic carbocycles. The maximum Gasteiger partial charge on any atom is 0.344 e. The third kappa shape index (κ3) is 7.96. The summed E-state index contributed by atoms with van der Waals surface area (Å²) in [7, 11) is 0. The molecule has 1 aromatic rings. The zero-order valence-electron chi connectivity index (χ0n) is 17.8. The number of hydrogen-bond acceptors (Lipinski definition) is 7. The highest BCUT2D eigenvalue weighted by atomic mass is 32.2. The summed E-state index contributed by atoms with van der Waals surface area (Å²) in [5.41, 5.74) is 1.24. The Balaban J connectivity index is 1.32. The third-order valence-electron chi connectivity index (χ3n) is 5.38. The van der Waals surface area contributed by atoms with Gasteiger partial charge in [0.1, 0.15) is 5.75 Å². The quantitative estimate of drug-likeness (QED) is 0.589. The first-order valence-corrected chi connectivity index (χ1v) is 12.8. The first kappa shape index (κ1) is 23.8. The van der Waals surface area contributed by atoms with Crippen LogP contribution in [0.25, 0.3) is 0 Å². The van der Waals surface area contributed by atoms with Gasteiger partial charge in [-0.2, -0.15) is 0 Å². The monoisotopic (exact) mass is 466 g/mol. The number of benzene rings is 1. The highest BCUT2D eigenvalue weighted by Crippen LogP contribution is 2.43. The second-order valence-electron chi connectivity index (χ2n) is 7.84. The van der Waals surface area contributed by atoms with Gasteiger partial charge in [0, 0.05) is 6.04 Å². The van der Waals surface area contributed by atoms with Crippen LogP contribution in [0.1, 0.15) is 49.2 Å². The largest absolute Gasteiger partial charge is 0.482 e. The zero-order valence-corrected chi connectivity index (χ0v) is 19.4. The summed E-state index contributed by atoms with van der Waals surface area (Å²) >= 11 is 3.89. The molecule has 1 aromatic carbocycles. The van der Waals surface area contributed by atoms with E-state index in [0.717, 1.165) is 19.3 Å². The molecule has 0 aromatic heterocycles. The van der Waals surface area contributed by atoms with Crippen molar-refractivity contribution in [2.75, 3.05) is 24.7 Å². The average molecular weight is 467 g/mol. The lowest BCUT2D eigenvalue weighted by Gasteiger charge is -2.29. The van der Waals surface area contributed by atoms with Crippen LogP contribution in [-0.4, -0.2) is 48.7 Å². The summed E-state index contributed by atoms with van der Waals surface area (Å²) in [6, 6.07) is 7.21. The normalized spacial score (nSPS) is 21.7. The lowest BCUT2D eigenvalue weighted by Crippen LogP contribution is -2.48. The SMILES string of the molecule is C[C@@H]1CCCC[C@H]1NC(=O)NC(=O)COC(=O)COc1ccc(C2SCCCS2)cc1. The number of amides is 3. The molecule has 2 atom stereocenters. The summed E-state index contributed by atoms with van der Waals surface area (Å²) in [6.07, 6.45) is 5.46. The molecule has 170 valence electrons. The van der Waals surface area contributed by atoms with Gasteiger partial charge in [-0.25, -0.2) is 9.59 Å². The minimum atomic E-state index is -0.668. The highest BCUT2D eigenvalue weighted by molar-refractivity contribution is 8.16. The van der Waals surface area contributed by atoms with Crippen LogP contribution < -0.4 is 15.4 Å². The van der Waals surface area contributed by atoms with Gasteiger partial charge in [0.05, 0.1) is 4.58 Å². The standard InChI is InChI=1S/C22H30N2O5S2/c1-15-5-2-3-6-18(15)23-22(27)24-19(25)13-29-20(26)14-28-17-9-7-16(8-10-17)21-30-11-4-12-31-21/h7-10,15,18,21H,2-6,11-14H2,1H3,(H2,23,24,25,27)/t15-,18-/m1/s1. The van der Waals surface area contributed by atoms with Crippen LogP contribution in [0.3, 0.4) is 0 Å². The molecule has 1 heterocycles. The summed E-state index contributed by atoms with van der Waals surface area (Å²) in [4.78, 5) is 35.6. The molecule has 0 radical (unpaired) electrons. The van der Waals surface area contributed by atoms with Crippen LogP contribution in [0.5, 0.6) is 5.75 Å². The Hall–Kier alpha value is -1.87. The molecule has 7 nitrogen and oxygen atoms in total. The van der Waals surface area contributed by atoms with Crippen LogP contribution in [0.2, 0.25) is 0 Å². The van der Waals surface area contributed by atoms with Crippen LogP contribution in [0, 0.1) is 5.92 Å². The Morgan fingerprint density at radius 2 is 1.71 bits per heavy atom. The number of thioether (sulfide) groups is 2. The first-order chi connectivity index (χ1) is 15.0. The number of urea groups is 1. The molecule has 1 saturated heterocycles. The van der Waals surface area contributed by atoms with Crippen LogP contribution in [0.15, 0.2) is 24.3 Å². The number of ether oxygens (including phenoxy) is 2. The molecule has 0 bridgehead atoms. The molecule has 31 heavy (non-hydrogen) atoms. The predicted octanol–water partition coefficient (Wildman–Crippen LogP) is 3.88. The maximum absolute atomic E-state index is 12.0. The molecule has 1 saturated carbocycles. The third-order valence-corrected chi connectivity index (χ3v) is 8.40. The molecule has 9 heteroatoms. The van der Waals surface area contributed by atoms with E-state index in [1.807, 2.05) is 47.8 Å². The summed E-state index contributed by atoms with van der Waals surface area (Å²) in [5.74, 6) is 1.98. The van der Waals surface area contributed by atoms with E-state index in [1.54, 1.807) is 0 Å². The average Bonchev–Trinajstić information content (AvgIpc) is 2.79. The topological polar surface area (TPSA) is 93.7 Å². The Morgan fingerprint density at radius 1 is 1.00 bits per heavy atom. The van der Waals surface area contributed by atoms with E-state index in [2.05, 4.69) is 17.6 Å². The van der Waals surface area contributed by atoms with Crippen molar-refractivity contribution in [3.8, 4) is 5.75 Å². The van der Waals surface area contributed by atoms with Gasteiger partial charge in [-0.3, -0.25) is 10.1 Å². The van der Waals surface area contributed by atoms with Gasteiger partial charge in [0.2, 0.25) is 0 Å². The minimum absolute atomic E-state index is 0.0687. The molecular formula is C22H30N2O5S2. The fourth-order valence-electron chi connectivity index (χ4n) is 3.63. The van der Waals surface area contributed by atoms with E-state index >= 15 is 0 Å². The minimum Gasteiger partial charge on any atom is -0.482 e. The van der Waals surface area contributed by atoms with Gasteiger partial charge in [-0.1, -0.05) is 31.9 Å². The van der Waals surface area contributed by atoms with Gasteiger partial charge in [-0.15, -0.1) is 23.5 Å². The first-order valence-electron chi connectivity index (χ1n) is 10.7. The van der Waals surface area contributed by atoms with Crippen molar-refractivity contribution in [3.05, 3.63) is 29.8 Å². The van der Waals surface area contributed by atoms with E-state index < -0.39 is 24.5 Å². The van der Waals surface area contributed by atoms with Crippen LogP contribution in [-0.2, 0) is 14.3 Å². The second kappa shape index (κ2) is 12.2. The molecule has 3 amide bonds.